The summed E-state index contributed by atoms with van der Waals surface area (Å²) in [6.45, 7) is 9.08. The van der Waals surface area contributed by atoms with Crippen LogP contribution in [0.5, 0.6) is 0 Å². The number of carbonyl (C=O) groups excluding carboxylic acids is 2. The van der Waals surface area contributed by atoms with Gasteiger partial charge in [-0.2, -0.15) is 4.31 Å². The van der Waals surface area contributed by atoms with E-state index >= 15 is 0 Å². The van der Waals surface area contributed by atoms with Crippen molar-refractivity contribution < 1.29 is 18.0 Å². The number of nitrogens with one attached hydrogen (secondary N) is 1. The number of sulfonamides is 1. The van der Waals surface area contributed by atoms with Gasteiger partial charge in [0, 0.05) is 12.6 Å². The topological polar surface area (TPSA) is 86.8 Å². The fourth-order valence-corrected chi connectivity index (χ4v) is 6.91. The second kappa shape index (κ2) is 10.1. The maximum Gasteiger partial charge on any atom is 0.247 e. The lowest BCUT2D eigenvalue weighted by Gasteiger charge is -2.48. The summed E-state index contributed by atoms with van der Waals surface area (Å²) in [6.07, 6.45) is 6.75. The van der Waals surface area contributed by atoms with Crippen LogP contribution in [0.25, 0.3) is 0 Å². The molecule has 1 heterocycles. The summed E-state index contributed by atoms with van der Waals surface area (Å²) in [7, 11) is -3.64. The van der Waals surface area contributed by atoms with Crippen LogP contribution >= 0.6 is 0 Å². The summed E-state index contributed by atoms with van der Waals surface area (Å²) >= 11 is 0. The molecule has 1 N–H and O–H groups in total. The Morgan fingerprint density at radius 1 is 1.09 bits per heavy atom. The number of aryl methyl sites for hydroxylation is 3. The summed E-state index contributed by atoms with van der Waals surface area (Å²) in [5.74, 6) is -0.684. The number of nitrogens with zero attached hydrogens (tertiary/aromatic N) is 2. The summed E-state index contributed by atoms with van der Waals surface area (Å²) in [4.78, 5) is 28.9. The van der Waals surface area contributed by atoms with E-state index in [-0.39, 0.29) is 36.7 Å². The molecule has 3 rings (SSSR count). The van der Waals surface area contributed by atoms with Crippen LogP contribution < -0.4 is 10.2 Å². The zero-order chi connectivity index (χ0) is 24.4. The van der Waals surface area contributed by atoms with E-state index in [0.717, 1.165) is 42.4 Å². The van der Waals surface area contributed by atoms with Gasteiger partial charge in [-0.3, -0.25) is 14.5 Å². The predicted molar refractivity (Wildman–Crippen MR) is 132 cm³/mol. The first kappa shape index (κ1) is 25.7. The van der Waals surface area contributed by atoms with Gasteiger partial charge in [-0.05, 0) is 58.1 Å². The van der Waals surface area contributed by atoms with Crippen molar-refractivity contribution in [1.82, 2.24) is 9.62 Å². The minimum atomic E-state index is -3.64. The Kier molecular flexibility index (Phi) is 7.89. The number of benzene rings is 1. The molecule has 7 nitrogen and oxygen atoms in total. The Bertz CT molecular complexity index is 976. The average molecular weight is 478 g/mol. The number of anilines is 1. The van der Waals surface area contributed by atoms with Gasteiger partial charge in [0.2, 0.25) is 21.8 Å². The van der Waals surface area contributed by atoms with Crippen molar-refractivity contribution >= 4 is 27.5 Å². The van der Waals surface area contributed by atoms with Gasteiger partial charge in [0.1, 0.15) is 5.54 Å². The van der Waals surface area contributed by atoms with E-state index in [1.54, 1.807) is 18.7 Å². The van der Waals surface area contributed by atoms with Crippen LogP contribution in [-0.4, -0.2) is 55.0 Å². The molecule has 0 aromatic heterocycles. The molecule has 1 aliphatic heterocycles. The zero-order valence-electron chi connectivity index (χ0n) is 20.7. The third-order valence-electron chi connectivity index (χ3n) is 6.93. The van der Waals surface area contributed by atoms with Crippen molar-refractivity contribution in [2.45, 2.75) is 91.1 Å². The maximum atomic E-state index is 13.8. The van der Waals surface area contributed by atoms with Gasteiger partial charge in [-0.25, -0.2) is 8.42 Å². The Hall–Kier alpha value is -1.93. The van der Waals surface area contributed by atoms with Crippen LogP contribution in [0.4, 0.5) is 5.69 Å². The Morgan fingerprint density at radius 3 is 2.21 bits per heavy atom. The molecule has 8 heteroatoms. The normalized spacial score (nSPS) is 23.4. The Labute approximate surface area is 199 Å². The fourth-order valence-electron chi connectivity index (χ4n) is 5.39. The molecular formula is C25H39N3O4S. The molecular weight excluding hydrogens is 438 g/mol. The molecule has 0 spiro atoms. The van der Waals surface area contributed by atoms with E-state index < -0.39 is 15.6 Å². The van der Waals surface area contributed by atoms with Crippen LogP contribution in [0.3, 0.4) is 0 Å². The van der Waals surface area contributed by atoms with Gasteiger partial charge in [-0.15, -0.1) is 0 Å². The largest absolute Gasteiger partial charge is 0.351 e. The quantitative estimate of drug-likeness (QED) is 0.634. The SMILES string of the molecule is CCCS(=O)(=O)N1CC(=O)N(c2c(C)cc(C)cc2C)[C@](C)(C(=O)NC2CCCCCC2)C1. The van der Waals surface area contributed by atoms with Crippen molar-refractivity contribution in [3.8, 4) is 0 Å². The number of amides is 2. The first-order valence-electron chi connectivity index (χ1n) is 12.2. The molecule has 33 heavy (non-hydrogen) atoms. The van der Waals surface area contributed by atoms with Crippen molar-refractivity contribution in [2.24, 2.45) is 0 Å². The number of carbonyl (C=O) groups is 2. The van der Waals surface area contributed by atoms with E-state index in [0.29, 0.717) is 12.1 Å². The molecule has 2 fully saturated rings. The number of rotatable bonds is 6. The van der Waals surface area contributed by atoms with Crippen LogP contribution in [-0.2, 0) is 19.6 Å². The minimum Gasteiger partial charge on any atom is -0.351 e. The molecule has 184 valence electrons. The number of hydrogen-bond acceptors (Lipinski definition) is 4. The highest BCUT2D eigenvalue weighted by Gasteiger charge is 2.51. The molecule has 2 aliphatic rings. The van der Waals surface area contributed by atoms with Crippen molar-refractivity contribution in [1.29, 1.82) is 0 Å². The minimum absolute atomic E-state index is 0.0385. The molecule has 0 radical (unpaired) electrons. The Morgan fingerprint density at radius 2 is 1.67 bits per heavy atom. The van der Waals surface area contributed by atoms with Gasteiger partial charge in [0.05, 0.1) is 18.0 Å². The van der Waals surface area contributed by atoms with Gasteiger partial charge < -0.3 is 5.32 Å². The summed E-state index contributed by atoms with van der Waals surface area (Å²) in [5, 5.41) is 3.19. The van der Waals surface area contributed by atoms with Crippen molar-refractivity contribution in [3.05, 3.63) is 28.8 Å². The lowest BCUT2D eigenvalue weighted by molar-refractivity contribution is -0.133. The van der Waals surface area contributed by atoms with E-state index in [2.05, 4.69) is 5.32 Å². The highest BCUT2D eigenvalue weighted by molar-refractivity contribution is 7.89. The molecule has 0 bridgehead atoms. The highest BCUT2D eigenvalue weighted by atomic mass is 32.2. The van der Waals surface area contributed by atoms with Crippen molar-refractivity contribution in [3.63, 3.8) is 0 Å². The number of hydrogen-bond donors (Lipinski definition) is 1. The summed E-state index contributed by atoms with van der Waals surface area (Å²) in [5.41, 5.74) is 2.25. The lowest BCUT2D eigenvalue weighted by Crippen LogP contribution is -2.71. The monoisotopic (exact) mass is 477 g/mol. The second-order valence-electron chi connectivity index (χ2n) is 10.00. The summed E-state index contributed by atoms with van der Waals surface area (Å²) < 4.78 is 27.1. The number of piperazine rings is 1. The van der Waals surface area contributed by atoms with E-state index in [1.165, 1.54) is 17.1 Å². The third-order valence-corrected chi connectivity index (χ3v) is 8.90. The molecule has 2 amide bonds. The lowest BCUT2D eigenvalue weighted by atomic mass is 9.91. The fraction of sp³-hybridized carbons (Fsp3) is 0.680. The summed E-state index contributed by atoms with van der Waals surface area (Å²) in [6, 6.07) is 4.05. The second-order valence-corrected chi connectivity index (χ2v) is 12.1. The first-order valence-corrected chi connectivity index (χ1v) is 13.8. The average Bonchev–Trinajstić information content (AvgIpc) is 2.97. The molecule has 1 atom stereocenters. The van der Waals surface area contributed by atoms with Crippen LogP contribution in [0.2, 0.25) is 0 Å². The maximum absolute atomic E-state index is 13.8. The predicted octanol–water partition coefficient (Wildman–Crippen LogP) is 3.60. The van der Waals surface area contributed by atoms with Crippen molar-refractivity contribution in [2.75, 3.05) is 23.7 Å². The molecule has 1 aromatic carbocycles. The van der Waals surface area contributed by atoms with Crippen LogP contribution in [0, 0.1) is 20.8 Å². The van der Waals surface area contributed by atoms with E-state index in [9.17, 15) is 18.0 Å². The standard InChI is InChI=1S/C25H39N3O4S/c1-6-13-33(31,32)27-16-22(29)28(23-19(3)14-18(2)15-20(23)4)25(5,17-27)24(30)26-21-11-9-7-8-10-12-21/h14-15,21H,6-13,16-17H2,1-5H3,(H,26,30)/t25-/m0/s1. The highest BCUT2D eigenvalue weighted by Crippen LogP contribution is 2.36. The molecule has 1 aromatic rings. The zero-order valence-corrected chi connectivity index (χ0v) is 21.6. The molecule has 1 saturated heterocycles. The smallest absolute Gasteiger partial charge is 0.247 e. The van der Waals surface area contributed by atoms with E-state index in [1.807, 2.05) is 32.9 Å². The van der Waals surface area contributed by atoms with Gasteiger partial charge in [-0.1, -0.05) is 50.3 Å². The molecule has 0 unspecified atom stereocenters. The first-order chi connectivity index (χ1) is 15.5. The van der Waals surface area contributed by atoms with Gasteiger partial charge >= 0.3 is 0 Å². The molecule has 1 saturated carbocycles. The van der Waals surface area contributed by atoms with Gasteiger partial charge in [0.15, 0.2) is 0 Å². The van der Waals surface area contributed by atoms with Crippen LogP contribution in [0.15, 0.2) is 12.1 Å². The van der Waals surface area contributed by atoms with Crippen LogP contribution in [0.1, 0.15) is 75.5 Å². The van der Waals surface area contributed by atoms with Gasteiger partial charge in [0.25, 0.3) is 0 Å². The third kappa shape index (κ3) is 5.43. The molecule has 1 aliphatic carbocycles. The van der Waals surface area contributed by atoms with E-state index in [4.69, 9.17) is 0 Å². The Balaban J connectivity index is 2.05.